The van der Waals surface area contributed by atoms with Gasteiger partial charge in [-0.15, -0.1) is 11.3 Å². The van der Waals surface area contributed by atoms with Crippen LogP contribution in [0.1, 0.15) is 21.6 Å². The standard InChI is InChI=1S/C15H14O2S/c1-10-5-6-13(11(2)8-10)14(15(16)17)9-12-4-3-7-18-12/h3-9H,1-2H3,(H,16,17)/b14-9-. The molecule has 92 valence electrons. The molecule has 0 saturated heterocycles. The van der Waals surface area contributed by atoms with Crippen LogP contribution in [0.15, 0.2) is 35.7 Å². The minimum Gasteiger partial charge on any atom is -0.478 e. The molecule has 2 aromatic rings. The van der Waals surface area contributed by atoms with Gasteiger partial charge in [0.05, 0.1) is 5.57 Å². The second kappa shape index (κ2) is 5.19. The third-order valence-corrected chi connectivity index (χ3v) is 3.55. The van der Waals surface area contributed by atoms with Crippen molar-refractivity contribution in [1.29, 1.82) is 0 Å². The highest BCUT2D eigenvalue weighted by atomic mass is 32.1. The minimum absolute atomic E-state index is 0.343. The van der Waals surface area contributed by atoms with Gasteiger partial charge in [0.15, 0.2) is 0 Å². The Labute approximate surface area is 110 Å². The van der Waals surface area contributed by atoms with Crippen molar-refractivity contribution in [3.63, 3.8) is 0 Å². The normalized spacial score (nSPS) is 11.6. The summed E-state index contributed by atoms with van der Waals surface area (Å²) in [7, 11) is 0. The lowest BCUT2D eigenvalue weighted by Crippen LogP contribution is -2.01. The van der Waals surface area contributed by atoms with E-state index in [2.05, 4.69) is 0 Å². The fourth-order valence-corrected chi connectivity index (χ4v) is 2.54. The molecule has 0 spiro atoms. The summed E-state index contributed by atoms with van der Waals surface area (Å²) in [5, 5.41) is 11.3. The van der Waals surface area contributed by atoms with E-state index in [0.29, 0.717) is 5.57 Å². The van der Waals surface area contributed by atoms with Crippen LogP contribution in [0.5, 0.6) is 0 Å². The van der Waals surface area contributed by atoms with Gasteiger partial charge < -0.3 is 5.11 Å². The number of carboxylic acid groups (broad SMARTS) is 1. The summed E-state index contributed by atoms with van der Waals surface area (Å²) in [6.45, 7) is 3.94. The van der Waals surface area contributed by atoms with E-state index < -0.39 is 5.97 Å². The van der Waals surface area contributed by atoms with Gasteiger partial charge in [-0.2, -0.15) is 0 Å². The zero-order chi connectivity index (χ0) is 13.1. The predicted octanol–water partition coefficient (Wildman–Crippen LogP) is 3.99. The van der Waals surface area contributed by atoms with Crippen molar-refractivity contribution in [3.8, 4) is 0 Å². The third kappa shape index (κ3) is 2.68. The van der Waals surface area contributed by atoms with E-state index >= 15 is 0 Å². The maximum absolute atomic E-state index is 11.4. The molecule has 1 aromatic carbocycles. The molecule has 2 nitrogen and oxygen atoms in total. The number of carboxylic acids is 1. The zero-order valence-corrected chi connectivity index (χ0v) is 11.1. The number of benzene rings is 1. The lowest BCUT2D eigenvalue weighted by atomic mass is 9.98. The molecule has 0 aliphatic rings. The van der Waals surface area contributed by atoms with Crippen molar-refractivity contribution in [2.45, 2.75) is 13.8 Å². The molecular weight excluding hydrogens is 244 g/mol. The van der Waals surface area contributed by atoms with Crippen LogP contribution in [-0.4, -0.2) is 11.1 Å². The van der Waals surface area contributed by atoms with Crippen molar-refractivity contribution in [3.05, 3.63) is 57.3 Å². The van der Waals surface area contributed by atoms with Gasteiger partial charge in [-0.1, -0.05) is 29.8 Å². The van der Waals surface area contributed by atoms with Gasteiger partial charge >= 0.3 is 5.97 Å². The summed E-state index contributed by atoms with van der Waals surface area (Å²) in [5.41, 5.74) is 3.24. The van der Waals surface area contributed by atoms with Crippen LogP contribution in [-0.2, 0) is 4.79 Å². The van der Waals surface area contributed by atoms with E-state index in [1.54, 1.807) is 6.08 Å². The van der Waals surface area contributed by atoms with Gasteiger partial charge in [-0.3, -0.25) is 0 Å². The fraction of sp³-hybridized carbons (Fsp3) is 0.133. The molecule has 1 heterocycles. The number of hydrogen-bond donors (Lipinski definition) is 1. The quantitative estimate of drug-likeness (QED) is 0.845. The Balaban J connectivity index is 2.52. The molecule has 1 N–H and O–H groups in total. The Morgan fingerprint density at radius 2 is 2.06 bits per heavy atom. The first-order chi connectivity index (χ1) is 8.58. The smallest absolute Gasteiger partial charge is 0.336 e. The van der Waals surface area contributed by atoms with E-state index in [1.165, 1.54) is 11.3 Å². The molecule has 0 unspecified atom stereocenters. The Bertz CT molecular complexity index is 595. The van der Waals surface area contributed by atoms with Gasteiger partial charge in [0, 0.05) is 4.88 Å². The maximum atomic E-state index is 11.4. The SMILES string of the molecule is Cc1ccc(/C(=C/c2cccs2)C(=O)O)c(C)c1. The Kier molecular flexibility index (Phi) is 3.63. The van der Waals surface area contributed by atoms with Crippen molar-refractivity contribution >= 4 is 29.0 Å². The first kappa shape index (κ1) is 12.6. The number of hydrogen-bond acceptors (Lipinski definition) is 2. The average Bonchev–Trinajstić information content (AvgIpc) is 2.79. The number of carbonyl (C=O) groups is 1. The second-order valence-electron chi connectivity index (χ2n) is 4.20. The molecule has 0 aliphatic carbocycles. The first-order valence-corrected chi connectivity index (χ1v) is 6.52. The van der Waals surface area contributed by atoms with Crippen molar-refractivity contribution < 1.29 is 9.90 Å². The molecule has 18 heavy (non-hydrogen) atoms. The van der Waals surface area contributed by atoms with Gasteiger partial charge in [-0.05, 0) is 42.5 Å². The molecule has 0 aliphatic heterocycles. The van der Waals surface area contributed by atoms with Crippen LogP contribution in [0.4, 0.5) is 0 Å². The monoisotopic (exact) mass is 258 g/mol. The first-order valence-electron chi connectivity index (χ1n) is 5.64. The summed E-state index contributed by atoms with van der Waals surface area (Å²) < 4.78 is 0. The highest BCUT2D eigenvalue weighted by molar-refractivity contribution is 7.10. The van der Waals surface area contributed by atoms with E-state index in [0.717, 1.165) is 21.6 Å². The van der Waals surface area contributed by atoms with Gasteiger partial charge in [0.25, 0.3) is 0 Å². The molecule has 2 rings (SSSR count). The number of aliphatic carboxylic acids is 1. The van der Waals surface area contributed by atoms with Gasteiger partial charge in [-0.25, -0.2) is 4.79 Å². The molecule has 0 radical (unpaired) electrons. The predicted molar refractivity (Wildman–Crippen MR) is 75.7 cm³/mol. The highest BCUT2D eigenvalue weighted by Crippen LogP contribution is 2.24. The van der Waals surface area contributed by atoms with Gasteiger partial charge in [0.2, 0.25) is 0 Å². The molecular formula is C15H14O2S. The average molecular weight is 258 g/mol. The van der Waals surface area contributed by atoms with Crippen molar-refractivity contribution in [1.82, 2.24) is 0 Å². The second-order valence-corrected chi connectivity index (χ2v) is 5.18. The van der Waals surface area contributed by atoms with Crippen molar-refractivity contribution in [2.24, 2.45) is 0 Å². The van der Waals surface area contributed by atoms with E-state index in [9.17, 15) is 9.90 Å². The lowest BCUT2D eigenvalue weighted by molar-refractivity contribution is -0.130. The van der Waals surface area contributed by atoms with Crippen LogP contribution < -0.4 is 0 Å². The number of thiophene rings is 1. The minimum atomic E-state index is -0.893. The topological polar surface area (TPSA) is 37.3 Å². The number of aryl methyl sites for hydroxylation is 2. The zero-order valence-electron chi connectivity index (χ0n) is 10.3. The molecule has 0 atom stereocenters. The molecule has 3 heteroatoms. The van der Waals surface area contributed by atoms with Crippen LogP contribution in [0.25, 0.3) is 11.6 Å². The Morgan fingerprint density at radius 1 is 1.28 bits per heavy atom. The molecule has 1 aromatic heterocycles. The fourth-order valence-electron chi connectivity index (χ4n) is 1.89. The van der Waals surface area contributed by atoms with E-state index in [4.69, 9.17) is 0 Å². The lowest BCUT2D eigenvalue weighted by Gasteiger charge is -2.07. The van der Waals surface area contributed by atoms with Crippen molar-refractivity contribution in [2.75, 3.05) is 0 Å². The Hall–Kier alpha value is -1.87. The largest absolute Gasteiger partial charge is 0.478 e. The van der Waals surface area contributed by atoms with Crippen LogP contribution in [0.2, 0.25) is 0 Å². The van der Waals surface area contributed by atoms with Crippen LogP contribution >= 0.6 is 11.3 Å². The summed E-state index contributed by atoms with van der Waals surface area (Å²) in [5.74, 6) is -0.893. The molecule has 0 fully saturated rings. The summed E-state index contributed by atoms with van der Waals surface area (Å²) in [6.07, 6.45) is 1.73. The Morgan fingerprint density at radius 3 is 2.61 bits per heavy atom. The highest BCUT2D eigenvalue weighted by Gasteiger charge is 2.13. The summed E-state index contributed by atoms with van der Waals surface area (Å²) >= 11 is 1.53. The third-order valence-electron chi connectivity index (χ3n) is 2.73. The number of rotatable bonds is 3. The molecule has 0 bridgehead atoms. The van der Waals surface area contributed by atoms with E-state index in [1.807, 2.05) is 49.6 Å². The summed E-state index contributed by atoms with van der Waals surface area (Å²) in [4.78, 5) is 12.4. The van der Waals surface area contributed by atoms with Gasteiger partial charge in [0.1, 0.15) is 0 Å². The van der Waals surface area contributed by atoms with E-state index in [-0.39, 0.29) is 0 Å². The maximum Gasteiger partial charge on any atom is 0.336 e. The van der Waals surface area contributed by atoms with Crippen LogP contribution in [0.3, 0.4) is 0 Å². The molecule has 0 amide bonds. The molecule has 0 saturated carbocycles. The van der Waals surface area contributed by atoms with Crippen LogP contribution in [0, 0.1) is 13.8 Å². The summed E-state index contributed by atoms with van der Waals surface area (Å²) in [6, 6.07) is 9.64.